The van der Waals surface area contributed by atoms with Crippen molar-refractivity contribution < 1.29 is 19.4 Å². The van der Waals surface area contributed by atoms with Gasteiger partial charge in [-0.1, -0.05) is 34.1 Å². The summed E-state index contributed by atoms with van der Waals surface area (Å²) in [6, 6.07) is 7.50. The molecule has 3 rings (SSSR count). The van der Waals surface area contributed by atoms with Crippen LogP contribution in [-0.4, -0.2) is 30.1 Å². The van der Waals surface area contributed by atoms with Gasteiger partial charge in [-0.15, -0.1) is 0 Å². The Morgan fingerprint density at radius 1 is 1.29 bits per heavy atom. The van der Waals surface area contributed by atoms with Crippen LogP contribution in [-0.2, 0) is 14.3 Å². The maximum Gasteiger partial charge on any atom is 0.341 e. The van der Waals surface area contributed by atoms with Gasteiger partial charge in [-0.05, 0) is 24.8 Å². The Bertz CT molecular complexity index is 600. The Kier molecular flexibility index (Phi) is 3.90. The number of benzene rings is 1. The number of rotatable bonds is 2. The minimum absolute atomic E-state index is 0.0994. The first-order chi connectivity index (χ1) is 10.0. The summed E-state index contributed by atoms with van der Waals surface area (Å²) < 4.78 is 11.4. The van der Waals surface area contributed by atoms with Crippen LogP contribution >= 0.6 is 15.9 Å². The van der Waals surface area contributed by atoms with Crippen molar-refractivity contribution in [2.45, 2.75) is 25.6 Å². The number of hydrogen-bond donors (Lipinski definition) is 1. The molecule has 1 saturated heterocycles. The fourth-order valence-corrected chi connectivity index (χ4v) is 3.60. The highest BCUT2D eigenvalue weighted by molar-refractivity contribution is 9.10. The molecule has 1 aromatic carbocycles. The zero-order chi connectivity index (χ0) is 15.0. The minimum atomic E-state index is -1.54. The number of hydrogen-bond acceptors (Lipinski definition) is 4. The lowest BCUT2D eigenvalue weighted by molar-refractivity contribution is -0.176. The van der Waals surface area contributed by atoms with Gasteiger partial charge in [-0.25, -0.2) is 4.79 Å². The molecule has 0 aromatic heterocycles. The van der Waals surface area contributed by atoms with E-state index in [2.05, 4.69) is 15.9 Å². The molecule has 4 nitrogen and oxygen atoms in total. The van der Waals surface area contributed by atoms with Gasteiger partial charge in [-0.2, -0.15) is 0 Å². The quantitative estimate of drug-likeness (QED) is 0.831. The Morgan fingerprint density at radius 3 is 2.62 bits per heavy atom. The van der Waals surface area contributed by atoms with Crippen molar-refractivity contribution in [2.75, 3.05) is 13.2 Å². The summed E-state index contributed by atoms with van der Waals surface area (Å²) in [6.07, 6.45) is 1.58. The van der Waals surface area contributed by atoms with E-state index in [-0.39, 0.29) is 5.92 Å². The van der Waals surface area contributed by atoms with E-state index in [0.29, 0.717) is 24.4 Å². The third kappa shape index (κ3) is 2.65. The van der Waals surface area contributed by atoms with Gasteiger partial charge in [0.1, 0.15) is 0 Å². The lowest BCUT2D eigenvalue weighted by Crippen LogP contribution is -2.33. The van der Waals surface area contributed by atoms with Crippen LogP contribution in [0.2, 0.25) is 0 Å². The smallest absolute Gasteiger partial charge is 0.341 e. The van der Waals surface area contributed by atoms with Gasteiger partial charge in [-0.3, -0.25) is 0 Å². The van der Waals surface area contributed by atoms with E-state index in [4.69, 9.17) is 9.47 Å². The monoisotopic (exact) mass is 352 g/mol. The van der Waals surface area contributed by atoms with E-state index >= 15 is 0 Å². The van der Waals surface area contributed by atoms with Crippen molar-refractivity contribution in [2.24, 2.45) is 5.92 Å². The molecule has 1 unspecified atom stereocenters. The number of cyclic esters (lactones) is 1. The molecule has 2 aliphatic rings. The van der Waals surface area contributed by atoms with Gasteiger partial charge in [0, 0.05) is 35.7 Å². The first-order valence-corrected chi connectivity index (χ1v) is 7.83. The predicted molar refractivity (Wildman–Crippen MR) is 81.3 cm³/mol. The van der Waals surface area contributed by atoms with Crippen LogP contribution in [0.25, 0.3) is 5.57 Å². The van der Waals surface area contributed by atoms with Gasteiger partial charge < -0.3 is 14.6 Å². The van der Waals surface area contributed by atoms with Gasteiger partial charge >= 0.3 is 5.97 Å². The number of aliphatic hydroxyl groups is 1. The molecule has 0 aliphatic carbocycles. The standard InChI is InChI=1S/C16H17BrO4/c1-16(19)14(10-6-8-20-9-7-10)13(15(18)21-16)11-4-2-3-5-12(11)17/h2-5,10,19H,6-9H2,1H3. The Labute approximate surface area is 131 Å². The van der Waals surface area contributed by atoms with Gasteiger partial charge in [0.05, 0.1) is 5.57 Å². The van der Waals surface area contributed by atoms with Crippen LogP contribution in [0.4, 0.5) is 0 Å². The molecule has 2 aliphatic heterocycles. The predicted octanol–water partition coefficient (Wildman–Crippen LogP) is 2.89. The molecule has 5 heteroatoms. The normalized spacial score (nSPS) is 27.1. The number of carbonyl (C=O) groups is 1. The van der Waals surface area contributed by atoms with Gasteiger partial charge in [0.25, 0.3) is 0 Å². The molecule has 0 amide bonds. The molecule has 0 saturated carbocycles. The zero-order valence-electron chi connectivity index (χ0n) is 11.8. The van der Waals surface area contributed by atoms with Crippen molar-refractivity contribution in [3.63, 3.8) is 0 Å². The van der Waals surface area contributed by atoms with Crippen LogP contribution < -0.4 is 0 Å². The van der Waals surface area contributed by atoms with E-state index in [1.807, 2.05) is 24.3 Å². The molecule has 1 atom stereocenters. The average Bonchev–Trinajstić information content (AvgIpc) is 2.69. The first kappa shape index (κ1) is 14.8. The van der Waals surface area contributed by atoms with E-state index in [1.165, 1.54) is 0 Å². The summed E-state index contributed by atoms with van der Waals surface area (Å²) in [5.41, 5.74) is 1.93. The molecule has 1 N–H and O–H groups in total. The van der Waals surface area contributed by atoms with E-state index in [9.17, 15) is 9.90 Å². The second-order valence-electron chi connectivity index (χ2n) is 5.53. The summed E-state index contributed by atoms with van der Waals surface area (Å²) in [5.74, 6) is -1.90. The molecule has 21 heavy (non-hydrogen) atoms. The summed E-state index contributed by atoms with van der Waals surface area (Å²) in [4.78, 5) is 12.3. The van der Waals surface area contributed by atoms with Crippen molar-refractivity contribution in [1.82, 2.24) is 0 Å². The second-order valence-corrected chi connectivity index (χ2v) is 6.38. The molecule has 0 spiro atoms. The zero-order valence-corrected chi connectivity index (χ0v) is 13.4. The molecule has 1 aromatic rings. The number of ether oxygens (including phenoxy) is 2. The molecule has 0 bridgehead atoms. The summed E-state index contributed by atoms with van der Waals surface area (Å²) in [5, 5.41) is 10.5. The maximum atomic E-state index is 12.3. The largest absolute Gasteiger partial charge is 0.426 e. The van der Waals surface area contributed by atoms with Crippen LogP contribution in [0.5, 0.6) is 0 Å². The van der Waals surface area contributed by atoms with Crippen molar-refractivity contribution in [1.29, 1.82) is 0 Å². The fraction of sp³-hybridized carbons (Fsp3) is 0.438. The highest BCUT2D eigenvalue weighted by Gasteiger charge is 2.46. The van der Waals surface area contributed by atoms with Crippen molar-refractivity contribution in [3.8, 4) is 0 Å². The maximum absolute atomic E-state index is 12.3. The Morgan fingerprint density at radius 2 is 1.95 bits per heavy atom. The van der Waals surface area contributed by atoms with Crippen LogP contribution in [0.1, 0.15) is 25.3 Å². The summed E-state index contributed by atoms with van der Waals surface area (Å²) in [7, 11) is 0. The third-order valence-electron chi connectivity index (χ3n) is 4.04. The lowest BCUT2D eigenvalue weighted by atomic mass is 9.83. The summed E-state index contributed by atoms with van der Waals surface area (Å²) >= 11 is 3.47. The molecular weight excluding hydrogens is 336 g/mol. The Balaban J connectivity index is 2.15. The average molecular weight is 353 g/mol. The number of halogens is 1. The van der Waals surface area contributed by atoms with E-state index in [1.54, 1.807) is 6.92 Å². The molecular formula is C16H17BrO4. The first-order valence-electron chi connectivity index (χ1n) is 7.03. The lowest BCUT2D eigenvalue weighted by Gasteiger charge is -2.29. The Hall–Kier alpha value is -1.17. The topological polar surface area (TPSA) is 55.8 Å². The number of carbonyl (C=O) groups excluding carboxylic acids is 1. The van der Waals surface area contributed by atoms with Crippen molar-refractivity contribution >= 4 is 27.5 Å². The van der Waals surface area contributed by atoms with Gasteiger partial charge in [0.15, 0.2) is 0 Å². The molecule has 2 heterocycles. The van der Waals surface area contributed by atoms with Crippen LogP contribution in [0.15, 0.2) is 34.3 Å². The third-order valence-corrected chi connectivity index (χ3v) is 4.73. The molecule has 112 valence electrons. The summed E-state index contributed by atoms with van der Waals surface area (Å²) in [6.45, 7) is 2.82. The highest BCUT2D eigenvalue weighted by atomic mass is 79.9. The second kappa shape index (κ2) is 5.55. The van der Waals surface area contributed by atoms with E-state index in [0.717, 1.165) is 22.9 Å². The van der Waals surface area contributed by atoms with Crippen molar-refractivity contribution in [3.05, 3.63) is 39.9 Å². The highest BCUT2D eigenvalue weighted by Crippen LogP contribution is 2.44. The SMILES string of the molecule is CC1(O)OC(=O)C(c2ccccc2Br)=C1C1CCOCC1. The fourth-order valence-electron chi connectivity index (χ4n) is 3.12. The minimum Gasteiger partial charge on any atom is -0.426 e. The number of esters is 1. The molecule has 0 radical (unpaired) electrons. The van der Waals surface area contributed by atoms with E-state index < -0.39 is 11.8 Å². The van der Waals surface area contributed by atoms with Crippen LogP contribution in [0, 0.1) is 5.92 Å². The van der Waals surface area contributed by atoms with Crippen LogP contribution in [0.3, 0.4) is 0 Å². The van der Waals surface area contributed by atoms with Gasteiger partial charge in [0.2, 0.25) is 5.79 Å². The molecule has 1 fully saturated rings.